The maximum Gasteiger partial charge on any atom is 0.261 e. The van der Waals surface area contributed by atoms with Gasteiger partial charge in [-0.25, -0.2) is 4.98 Å². The highest BCUT2D eigenvalue weighted by Gasteiger charge is 2.19. The van der Waals surface area contributed by atoms with Crippen molar-refractivity contribution in [1.29, 1.82) is 0 Å². The molecule has 0 bridgehead atoms. The summed E-state index contributed by atoms with van der Waals surface area (Å²) in [4.78, 5) is 17.4. The van der Waals surface area contributed by atoms with Crippen LogP contribution in [0, 0.1) is 20.8 Å². The van der Waals surface area contributed by atoms with Crippen LogP contribution in [0.2, 0.25) is 0 Å². The van der Waals surface area contributed by atoms with E-state index in [4.69, 9.17) is 9.51 Å². The number of rotatable bonds is 3. The number of aromatic nitrogens is 3. The molecular weight excluding hydrogens is 328 g/mol. The van der Waals surface area contributed by atoms with Crippen LogP contribution < -0.4 is 5.32 Å². The fraction of sp³-hybridized carbons (Fsp3) is 0.150. The van der Waals surface area contributed by atoms with Gasteiger partial charge in [0.2, 0.25) is 0 Å². The number of pyridine rings is 1. The Morgan fingerprint density at radius 2 is 1.92 bits per heavy atom. The summed E-state index contributed by atoms with van der Waals surface area (Å²) in [5.41, 5.74) is 5.38. The van der Waals surface area contributed by atoms with E-state index in [2.05, 4.69) is 10.5 Å². The minimum absolute atomic E-state index is 0.242. The second-order valence-corrected chi connectivity index (χ2v) is 6.25. The standard InChI is InChI=1S/C20H18N4O2/c1-12-7-6-10-24-11-17(21-19(12)24)15-8-4-5-9-16(15)22-20(25)18-13(2)23-26-14(18)3/h4-11H,1-3H3,(H,22,25). The van der Waals surface area contributed by atoms with Gasteiger partial charge in [-0.15, -0.1) is 0 Å². The van der Waals surface area contributed by atoms with Crippen LogP contribution >= 0.6 is 0 Å². The number of nitrogens with one attached hydrogen (secondary N) is 1. The summed E-state index contributed by atoms with van der Waals surface area (Å²) in [6.45, 7) is 5.51. The molecule has 0 aliphatic heterocycles. The number of aryl methyl sites for hydroxylation is 3. The van der Waals surface area contributed by atoms with Crippen LogP contribution in [0.5, 0.6) is 0 Å². The molecule has 3 heterocycles. The third kappa shape index (κ3) is 2.65. The molecule has 0 saturated heterocycles. The zero-order valence-corrected chi connectivity index (χ0v) is 14.8. The Labute approximate surface area is 150 Å². The van der Waals surface area contributed by atoms with Gasteiger partial charge in [0, 0.05) is 18.0 Å². The lowest BCUT2D eigenvalue weighted by Gasteiger charge is -2.09. The number of para-hydroxylation sites is 1. The average Bonchev–Trinajstić information content (AvgIpc) is 3.19. The van der Waals surface area contributed by atoms with Crippen molar-refractivity contribution < 1.29 is 9.32 Å². The molecule has 0 aliphatic rings. The average molecular weight is 346 g/mol. The van der Waals surface area contributed by atoms with Crippen LogP contribution in [-0.2, 0) is 0 Å². The fourth-order valence-corrected chi connectivity index (χ4v) is 3.09. The number of carbonyl (C=O) groups is 1. The molecule has 0 aliphatic carbocycles. The highest BCUT2D eigenvalue weighted by atomic mass is 16.5. The number of benzene rings is 1. The van der Waals surface area contributed by atoms with E-state index in [0.717, 1.165) is 22.5 Å². The van der Waals surface area contributed by atoms with Crippen molar-refractivity contribution in [3.63, 3.8) is 0 Å². The van der Waals surface area contributed by atoms with Crippen molar-refractivity contribution in [1.82, 2.24) is 14.5 Å². The lowest BCUT2D eigenvalue weighted by Crippen LogP contribution is -2.14. The van der Waals surface area contributed by atoms with Crippen LogP contribution in [0.25, 0.3) is 16.9 Å². The fourth-order valence-electron chi connectivity index (χ4n) is 3.09. The number of hydrogen-bond acceptors (Lipinski definition) is 4. The van der Waals surface area contributed by atoms with Gasteiger partial charge in [0.25, 0.3) is 5.91 Å². The molecule has 0 radical (unpaired) electrons. The van der Waals surface area contributed by atoms with Crippen molar-refractivity contribution in [3.05, 3.63) is 71.4 Å². The molecule has 0 fully saturated rings. The van der Waals surface area contributed by atoms with Gasteiger partial charge in [-0.05, 0) is 38.5 Å². The molecule has 0 spiro atoms. The topological polar surface area (TPSA) is 72.4 Å². The lowest BCUT2D eigenvalue weighted by molar-refractivity contribution is 0.102. The van der Waals surface area contributed by atoms with Crippen molar-refractivity contribution in [3.8, 4) is 11.3 Å². The highest BCUT2D eigenvalue weighted by molar-refractivity contribution is 6.07. The maximum atomic E-state index is 12.7. The van der Waals surface area contributed by atoms with E-state index < -0.39 is 0 Å². The van der Waals surface area contributed by atoms with Gasteiger partial charge in [-0.1, -0.05) is 29.4 Å². The maximum absolute atomic E-state index is 12.7. The van der Waals surface area contributed by atoms with Gasteiger partial charge in [-0.2, -0.15) is 0 Å². The SMILES string of the molecule is Cc1noc(C)c1C(=O)Nc1ccccc1-c1cn2cccc(C)c2n1. The summed E-state index contributed by atoms with van der Waals surface area (Å²) in [5, 5.41) is 6.81. The van der Waals surface area contributed by atoms with Crippen LogP contribution in [0.1, 0.15) is 27.4 Å². The molecule has 6 nitrogen and oxygen atoms in total. The van der Waals surface area contributed by atoms with Crippen molar-refractivity contribution in [2.75, 3.05) is 5.32 Å². The van der Waals surface area contributed by atoms with Crippen molar-refractivity contribution >= 4 is 17.2 Å². The summed E-state index contributed by atoms with van der Waals surface area (Å²) in [6.07, 6.45) is 3.92. The molecule has 0 saturated carbocycles. The Kier molecular flexibility index (Phi) is 3.80. The summed E-state index contributed by atoms with van der Waals surface area (Å²) >= 11 is 0. The molecular formula is C20H18N4O2. The zero-order chi connectivity index (χ0) is 18.3. The number of fused-ring (bicyclic) bond motifs is 1. The highest BCUT2D eigenvalue weighted by Crippen LogP contribution is 2.29. The number of carbonyl (C=O) groups excluding carboxylic acids is 1. The van der Waals surface area contributed by atoms with E-state index in [1.807, 2.05) is 60.1 Å². The number of imidazole rings is 1. The number of amides is 1. The molecule has 26 heavy (non-hydrogen) atoms. The van der Waals surface area contributed by atoms with Crippen LogP contribution in [-0.4, -0.2) is 20.4 Å². The number of hydrogen-bond donors (Lipinski definition) is 1. The molecule has 0 unspecified atom stereocenters. The molecule has 3 aromatic heterocycles. The van der Waals surface area contributed by atoms with E-state index in [1.54, 1.807) is 13.8 Å². The van der Waals surface area contributed by atoms with E-state index in [9.17, 15) is 4.79 Å². The molecule has 1 amide bonds. The first-order valence-corrected chi connectivity index (χ1v) is 8.32. The quantitative estimate of drug-likeness (QED) is 0.604. The third-order valence-corrected chi connectivity index (χ3v) is 4.39. The van der Waals surface area contributed by atoms with Crippen molar-refractivity contribution in [2.45, 2.75) is 20.8 Å². The molecule has 1 aromatic carbocycles. The largest absolute Gasteiger partial charge is 0.361 e. The summed E-state index contributed by atoms with van der Waals surface area (Å²) in [6, 6.07) is 11.6. The van der Waals surface area contributed by atoms with Gasteiger partial charge >= 0.3 is 0 Å². The van der Waals surface area contributed by atoms with E-state index in [1.165, 1.54) is 0 Å². The molecule has 1 N–H and O–H groups in total. The van der Waals surface area contributed by atoms with E-state index in [-0.39, 0.29) is 5.91 Å². The molecule has 4 rings (SSSR count). The van der Waals surface area contributed by atoms with E-state index in [0.29, 0.717) is 22.7 Å². The van der Waals surface area contributed by atoms with E-state index >= 15 is 0 Å². The smallest absolute Gasteiger partial charge is 0.261 e. The normalized spacial score (nSPS) is 11.0. The Bertz CT molecular complexity index is 1100. The van der Waals surface area contributed by atoms with Crippen LogP contribution in [0.4, 0.5) is 5.69 Å². The van der Waals surface area contributed by atoms with Crippen LogP contribution in [0.15, 0.2) is 53.3 Å². The third-order valence-electron chi connectivity index (χ3n) is 4.39. The predicted molar refractivity (Wildman–Crippen MR) is 99.3 cm³/mol. The monoisotopic (exact) mass is 346 g/mol. The van der Waals surface area contributed by atoms with Crippen molar-refractivity contribution in [2.24, 2.45) is 0 Å². The second kappa shape index (κ2) is 6.15. The Hall–Kier alpha value is -3.41. The van der Waals surface area contributed by atoms with Gasteiger partial charge in [0.05, 0.1) is 17.1 Å². The number of anilines is 1. The van der Waals surface area contributed by atoms with Crippen LogP contribution in [0.3, 0.4) is 0 Å². The summed E-state index contributed by atoms with van der Waals surface area (Å²) in [5.74, 6) is 0.259. The Morgan fingerprint density at radius 1 is 1.12 bits per heavy atom. The summed E-state index contributed by atoms with van der Waals surface area (Å²) in [7, 11) is 0. The first-order valence-electron chi connectivity index (χ1n) is 8.32. The second-order valence-electron chi connectivity index (χ2n) is 6.25. The number of nitrogens with zero attached hydrogens (tertiary/aromatic N) is 3. The van der Waals surface area contributed by atoms with Gasteiger partial charge in [-0.3, -0.25) is 4.79 Å². The first-order chi connectivity index (χ1) is 12.5. The molecule has 0 atom stereocenters. The molecule has 6 heteroatoms. The van der Waals surface area contributed by atoms with Gasteiger partial charge < -0.3 is 14.2 Å². The minimum atomic E-state index is -0.242. The van der Waals surface area contributed by atoms with Gasteiger partial charge in [0.1, 0.15) is 17.0 Å². The lowest BCUT2D eigenvalue weighted by atomic mass is 10.1. The molecule has 130 valence electrons. The first kappa shape index (κ1) is 16.1. The van der Waals surface area contributed by atoms with Gasteiger partial charge in [0.15, 0.2) is 0 Å². The molecule has 4 aromatic rings. The zero-order valence-electron chi connectivity index (χ0n) is 14.8. The Morgan fingerprint density at radius 3 is 2.65 bits per heavy atom. The minimum Gasteiger partial charge on any atom is -0.361 e. The Balaban J connectivity index is 1.75. The predicted octanol–water partition coefficient (Wildman–Crippen LogP) is 4.17. The summed E-state index contributed by atoms with van der Waals surface area (Å²) < 4.78 is 7.08.